The van der Waals surface area contributed by atoms with Gasteiger partial charge in [-0.05, 0) is 54.1 Å². The van der Waals surface area contributed by atoms with Gasteiger partial charge >= 0.3 is 0 Å². The molecule has 176 valence electrons. The van der Waals surface area contributed by atoms with Gasteiger partial charge in [0.2, 0.25) is 11.8 Å². The summed E-state index contributed by atoms with van der Waals surface area (Å²) in [5.74, 6) is -1.34. The molecule has 2 N–H and O–H groups in total. The quantitative estimate of drug-likeness (QED) is 0.483. The number of carbonyl (C=O) groups is 3. The number of nitrogens with one attached hydrogen (secondary N) is 2. The summed E-state index contributed by atoms with van der Waals surface area (Å²) in [7, 11) is 0. The summed E-state index contributed by atoms with van der Waals surface area (Å²) in [5.41, 5.74) is 2.55. The average molecular weight is 489 g/mol. The van der Waals surface area contributed by atoms with Crippen LogP contribution in [0, 0.1) is 5.82 Å². The highest BCUT2D eigenvalue weighted by Crippen LogP contribution is 2.29. The van der Waals surface area contributed by atoms with Crippen LogP contribution in [0.4, 0.5) is 21.5 Å². The number of hydrogen-bond donors (Lipinski definition) is 2. The standard InChI is InChI=1S/C26H21FN4O3S/c1-17(32)28-20-8-5-9-21(15-20)29-24(33)16-35-26-30-23(14-18-6-3-2-4-7-18)25(34)31(26)22-12-10-19(27)11-13-22/h2-15H,16H2,1H3,(H,28,32)(H,29,33)/b23-14-. The van der Waals surface area contributed by atoms with Crippen molar-refractivity contribution in [2.24, 2.45) is 4.99 Å². The number of thioether (sulfide) groups is 1. The maximum Gasteiger partial charge on any atom is 0.283 e. The molecule has 0 aliphatic carbocycles. The summed E-state index contributed by atoms with van der Waals surface area (Å²) in [5, 5.41) is 5.74. The molecule has 4 rings (SSSR count). The molecule has 9 heteroatoms. The lowest BCUT2D eigenvalue weighted by atomic mass is 10.2. The van der Waals surface area contributed by atoms with Crippen molar-refractivity contribution in [2.45, 2.75) is 6.92 Å². The van der Waals surface area contributed by atoms with Gasteiger partial charge in [0.1, 0.15) is 11.5 Å². The van der Waals surface area contributed by atoms with E-state index >= 15 is 0 Å². The van der Waals surface area contributed by atoms with Crippen molar-refractivity contribution in [2.75, 3.05) is 21.3 Å². The largest absolute Gasteiger partial charge is 0.326 e. The van der Waals surface area contributed by atoms with E-state index in [2.05, 4.69) is 15.6 Å². The molecule has 0 atom stereocenters. The summed E-state index contributed by atoms with van der Waals surface area (Å²) < 4.78 is 13.5. The van der Waals surface area contributed by atoms with Crippen molar-refractivity contribution < 1.29 is 18.8 Å². The first-order valence-corrected chi connectivity index (χ1v) is 11.6. The Morgan fingerprint density at radius 2 is 1.66 bits per heavy atom. The van der Waals surface area contributed by atoms with E-state index in [1.54, 1.807) is 30.3 Å². The molecule has 3 aromatic carbocycles. The van der Waals surface area contributed by atoms with E-state index in [0.717, 1.165) is 17.3 Å². The minimum Gasteiger partial charge on any atom is -0.326 e. The fraction of sp³-hybridized carbons (Fsp3) is 0.0769. The first-order chi connectivity index (χ1) is 16.9. The monoisotopic (exact) mass is 488 g/mol. The van der Waals surface area contributed by atoms with E-state index in [1.165, 1.54) is 36.1 Å². The Morgan fingerprint density at radius 1 is 0.971 bits per heavy atom. The number of amidine groups is 1. The normalized spacial score (nSPS) is 14.1. The molecule has 0 aromatic heterocycles. The van der Waals surface area contributed by atoms with Crippen LogP contribution in [-0.4, -0.2) is 28.6 Å². The third-order valence-electron chi connectivity index (χ3n) is 4.82. The number of rotatable bonds is 6. The van der Waals surface area contributed by atoms with Crippen LogP contribution in [0.25, 0.3) is 6.08 Å². The molecule has 0 fully saturated rings. The maximum atomic E-state index is 13.5. The molecule has 3 amide bonds. The van der Waals surface area contributed by atoms with Crippen molar-refractivity contribution in [3.8, 4) is 0 Å². The van der Waals surface area contributed by atoms with Gasteiger partial charge in [0.25, 0.3) is 5.91 Å². The van der Waals surface area contributed by atoms with Crippen LogP contribution in [0.1, 0.15) is 12.5 Å². The smallest absolute Gasteiger partial charge is 0.283 e. The third-order valence-corrected chi connectivity index (χ3v) is 5.76. The Bertz CT molecular complexity index is 1320. The highest BCUT2D eigenvalue weighted by atomic mass is 32.2. The zero-order chi connectivity index (χ0) is 24.8. The minimum absolute atomic E-state index is 0.0210. The van der Waals surface area contributed by atoms with E-state index in [4.69, 9.17) is 0 Å². The second kappa shape index (κ2) is 10.8. The number of benzene rings is 3. The van der Waals surface area contributed by atoms with E-state index in [1.807, 2.05) is 30.3 Å². The van der Waals surface area contributed by atoms with E-state index < -0.39 is 5.82 Å². The predicted octanol–water partition coefficient (Wildman–Crippen LogP) is 4.90. The minimum atomic E-state index is -0.424. The molecule has 0 unspecified atom stereocenters. The lowest BCUT2D eigenvalue weighted by molar-refractivity contribution is -0.114. The summed E-state index contributed by atoms with van der Waals surface area (Å²) in [4.78, 5) is 42.9. The number of anilines is 3. The topological polar surface area (TPSA) is 90.9 Å². The summed E-state index contributed by atoms with van der Waals surface area (Å²) in [6, 6.07) is 21.6. The Labute approximate surface area is 205 Å². The van der Waals surface area contributed by atoms with Crippen LogP contribution in [-0.2, 0) is 14.4 Å². The molecule has 0 saturated carbocycles. The molecular formula is C26H21FN4O3S. The van der Waals surface area contributed by atoms with Crippen LogP contribution in [0.2, 0.25) is 0 Å². The van der Waals surface area contributed by atoms with E-state index in [9.17, 15) is 18.8 Å². The van der Waals surface area contributed by atoms with Gasteiger partial charge in [-0.1, -0.05) is 48.2 Å². The number of nitrogens with zero attached hydrogens (tertiary/aromatic N) is 2. The van der Waals surface area contributed by atoms with Crippen LogP contribution in [0.3, 0.4) is 0 Å². The molecule has 0 bridgehead atoms. The first-order valence-electron chi connectivity index (χ1n) is 10.6. The van der Waals surface area contributed by atoms with E-state index in [-0.39, 0.29) is 29.2 Å². The second-order valence-corrected chi connectivity index (χ2v) is 8.49. The molecule has 0 radical (unpaired) electrons. The van der Waals surface area contributed by atoms with Crippen LogP contribution >= 0.6 is 11.8 Å². The van der Waals surface area contributed by atoms with Gasteiger partial charge in [-0.3, -0.25) is 19.3 Å². The summed E-state index contributed by atoms with van der Waals surface area (Å²) in [6.07, 6.45) is 1.67. The lowest BCUT2D eigenvalue weighted by Gasteiger charge is -2.17. The first kappa shape index (κ1) is 23.9. The predicted molar refractivity (Wildman–Crippen MR) is 138 cm³/mol. The van der Waals surface area contributed by atoms with Gasteiger partial charge in [-0.2, -0.15) is 0 Å². The Morgan fingerprint density at radius 3 is 2.34 bits per heavy atom. The van der Waals surface area contributed by atoms with Crippen molar-refractivity contribution >= 4 is 57.8 Å². The van der Waals surface area contributed by atoms with Crippen molar-refractivity contribution in [1.82, 2.24) is 0 Å². The fourth-order valence-electron chi connectivity index (χ4n) is 3.32. The van der Waals surface area contributed by atoms with Crippen LogP contribution in [0.15, 0.2) is 89.6 Å². The zero-order valence-corrected chi connectivity index (χ0v) is 19.5. The highest BCUT2D eigenvalue weighted by Gasteiger charge is 2.32. The Kier molecular flexibility index (Phi) is 7.37. The average Bonchev–Trinajstić information content (AvgIpc) is 3.13. The summed E-state index contributed by atoms with van der Waals surface area (Å²) >= 11 is 1.09. The molecule has 0 spiro atoms. The van der Waals surface area contributed by atoms with Crippen LogP contribution in [0.5, 0.6) is 0 Å². The molecule has 3 aromatic rings. The Hall–Kier alpha value is -4.24. The molecule has 1 heterocycles. The van der Waals surface area contributed by atoms with Gasteiger partial charge in [0, 0.05) is 18.3 Å². The van der Waals surface area contributed by atoms with Gasteiger partial charge < -0.3 is 10.6 Å². The van der Waals surface area contributed by atoms with Crippen molar-refractivity contribution in [3.63, 3.8) is 0 Å². The van der Waals surface area contributed by atoms with Gasteiger partial charge in [0.15, 0.2) is 5.17 Å². The molecule has 7 nitrogen and oxygen atoms in total. The summed E-state index contributed by atoms with van der Waals surface area (Å²) in [6.45, 7) is 1.40. The number of halogens is 1. The molecule has 0 saturated heterocycles. The SMILES string of the molecule is CC(=O)Nc1cccc(NC(=O)CSC2=N/C(=C\c3ccccc3)C(=O)N2c2ccc(F)cc2)c1. The number of amides is 3. The molecule has 1 aliphatic heterocycles. The van der Waals surface area contributed by atoms with Crippen molar-refractivity contribution in [1.29, 1.82) is 0 Å². The van der Waals surface area contributed by atoms with Crippen LogP contribution < -0.4 is 15.5 Å². The number of carbonyl (C=O) groups excluding carboxylic acids is 3. The molecule has 1 aliphatic rings. The highest BCUT2D eigenvalue weighted by molar-refractivity contribution is 8.14. The lowest BCUT2D eigenvalue weighted by Crippen LogP contribution is -2.31. The zero-order valence-electron chi connectivity index (χ0n) is 18.7. The third kappa shape index (κ3) is 6.21. The number of hydrogen-bond acceptors (Lipinski definition) is 5. The van der Waals surface area contributed by atoms with Crippen molar-refractivity contribution in [3.05, 3.63) is 95.9 Å². The molecule has 35 heavy (non-hydrogen) atoms. The molecular weight excluding hydrogens is 467 g/mol. The van der Waals surface area contributed by atoms with Gasteiger partial charge in [-0.25, -0.2) is 9.38 Å². The van der Waals surface area contributed by atoms with E-state index in [0.29, 0.717) is 22.2 Å². The maximum absolute atomic E-state index is 13.5. The second-order valence-electron chi connectivity index (χ2n) is 7.55. The Balaban J connectivity index is 1.52. The van der Waals surface area contributed by atoms with Gasteiger partial charge in [-0.15, -0.1) is 0 Å². The fourth-order valence-corrected chi connectivity index (χ4v) is 4.14. The number of aliphatic imine (C=N–C) groups is 1. The van der Waals surface area contributed by atoms with Gasteiger partial charge in [0.05, 0.1) is 11.4 Å².